The molecule has 0 amide bonds. The highest BCUT2D eigenvalue weighted by atomic mass is 16.5. The van der Waals surface area contributed by atoms with Crippen LogP contribution in [0.15, 0.2) is 24.3 Å². The Bertz CT molecular complexity index is 500. The number of benzene rings is 1. The van der Waals surface area contributed by atoms with Crippen molar-refractivity contribution in [3.8, 4) is 0 Å². The van der Waals surface area contributed by atoms with Gasteiger partial charge in [-0.25, -0.2) is 4.79 Å². The molecule has 1 aliphatic carbocycles. The van der Waals surface area contributed by atoms with Gasteiger partial charge in [0.15, 0.2) is 0 Å². The lowest BCUT2D eigenvalue weighted by atomic mass is 9.71. The van der Waals surface area contributed by atoms with Gasteiger partial charge in [-0.3, -0.25) is 0 Å². The van der Waals surface area contributed by atoms with Crippen molar-refractivity contribution in [2.45, 2.75) is 52.5 Å². The molecule has 1 aromatic rings. The Labute approximate surface area is 128 Å². The van der Waals surface area contributed by atoms with E-state index in [4.69, 9.17) is 4.74 Å². The summed E-state index contributed by atoms with van der Waals surface area (Å²) in [5.41, 5.74) is 1.62. The fourth-order valence-electron chi connectivity index (χ4n) is 3.23. The zero-order chi connectivity index (χ0) is 15.5. The van der Waals surface area contributed by atoms with Crippen LogP contribution >= 0.6 is 0 Å². The molecule has 1 aromatic carbocycles. The van der Waals surface area contributed by atoms with Crippen molar-refractivity contribution >= 4 is 11.7 Å². The number of anilines is 1. The van der Waals surface area contributed by atoms with E-state index in [1.807, 2.05) is 19.1 Å². The van der Waals surface area contributed by atoms with Gasteiger partial charge in [-0.1, -0.05) is 26.0 Å². The molecule has 2 rings (SSSR count). The summed E-state index contributed by atoms with van der Waals surface area (Å²) in [6.07, 6.45) is 2.73. The van der Waals surface area contributed by atoms with Gasteiger partial charge in [0.05, 0.1) is 6.61 Å². The summed E-state index contributed by atoms with van der Waals surface area (Å²) in [5, 5.41) is 3.50. The number of hydrogen-bond acceptors (Lipinski definition) is 3. The first-order chi connectivity index (χ1) is 9.97. The minimum atomic E-state index is -0.574. The monoisotopic (exact) mass is 289 g/mol. The van der Waals surface area contributed by atoms with Crippen molar-refractivity contribution < 1.29 is 9.53 Å². The molecule has 0 aromatic heterocycles. The molecule has 3 atom stereocenters. The van der Waals surface area contributed by atoms with Crippen LogP contribution in [0.2, 0.25) is 0 Å². The van der Waals surface area contributed by atoms with Crippen LogP contribution in [0.1, 0.15) is 45.6 Å². The zero-order valence-electron chi connectivity index (χ0n) is 13.6. The van der Waals surface area contributed by atoms with E-state index in [0.717, 1.165) is 24.9 Å². The van der Waals surface area contributed by atoms with Crippen LogP contribution in [0.5, 0.6) is 0 Å². The van der Waals surface area contributed by atoms with Crippen molar-refractivity contribution in [1.82, 2.24) is 0 Å². The third kappa shape index (κ3) is 3.58. The number of rotatable bonds is 4. The Morgan fingerprint density at radius 3 is 2.76 bits per heavy atom. The molecular formula is C18H27NO2. The van der Waals surface area contributed by atoms with Gasteiger partial charge in [-0.05, 0) is 62.6 Å². The maximum absolute atomic E-state index is 12.6. The highest BCUT2D eigenvalue weighted by molar-refractivity contribution is 5.85. The average Bonchev–Trinajstić information content (AvgIpc) is 2.43. The molecule has 1 fully saturated rings. The Kier molecular flexibility index (Phi) is 4.92. The molecule has 0 radical (unpaired) electrons. The van der Waals surface area contributed by atoms with Crippen molar-refractivity contribution in [1.29, 1.82) is 0 Å². The molecule has 0 spiro atoms. The van der Waals surface area contributed by atoms with E-state index in [1.54, 1.807) is 0 Å². The topological polar surface area (TPSA) is 38.3 Å². The molecule has 3 nitrogen and oxygen atoms in total. The molecule has 0 saturated heterocycles. The van der Waals surface area contributed by atoms with E-state index < -0.39 is 5.54 Å². The first-order valence-electron chi connectivity index (χ1n) is 7.99. The third-order valence-electron chi connectivity index (χ3n) is 4.74. The van der Waals surface area contributed by atoms with Crippen LogP contribution in [-0.2, 0) is 9.53 Å². The molecule has 1 saturated carbocycles. The molecule has 0 aliphatic heterocycles. The maximum atomic E-state index is 12.6. The van der Waals surface area contributed by atoms with Gasteiger partial charge in [0.2, 0.25) is 0 Å². The van der Waals surface area contributed by atoms with Gasteiger partial charge in [0, 0.05) is 5.69 Å². The Morgan fingerprint density at radius 1 is 1.38 bits per heavy atom. The lowest BCUT2D eigenvalue weighted by molar-refractivity contribution is -0.150. The maximum Gasteiger partial charge on any atom is 0.331 e. The largest absolute Gasteiger partial charge is 0.464 e. The van der Waals surface area contributed by atoms with Crippen LogP contribution in [0, 0.1) is 18.8 Å². The van der Waals surface area contributed by atoms with E-state index >= 15 is 0 Å². The van der Waals surface area contributed by atoms with Crippen LogP contribution in [0.4, 0.5) is 5.69 Å². The van der Waals surface area contributed by atoms with Crippen molar-refractivity contribution in [3.05, 3.63) is 29.8 Å². The van der Waals surface area contributed by atoms with E-state index in [1.165, 1.54) is 5.56 Å². The van der Waals surface area contributed by atoms with Crippen LogP contribution < -0.4 is 5.32 Å². The second-order valence-electron chi connectivity index (χ2n) is 6.49. The Balaban J connectivity index is 2.26. The number of ether oxygens (including phenoxy) is 1. The van der Waals surface area contributed by atoms with E-state index in [0.29, 0.717) is 18.4 Å². The van der Waals surface area contributed by atoms with Crippen molar-refractivity contribution in [2.75, 3.05) is 11.9 Å². The summed E-state index contributed by atoms with van der Waals surface area (Å²) in [7, 11) is 0. The van der Waals surface area contributed by atoms with Gasteiger partial charge in [0.25, 0.3) is 0 Å². The first kappa shape index (κ1) is 15.9. The number of esters is 1. The third-order valence-corrected chi connectivity index (χ3v) is 4.74. The fourth-order valence-corrected chi connectivity index (χ4v) is 3.23. The lowest BCUT2D eigenvalue weighted by Gasteiger charge is -2.42. The quantitative estimate of drug-likeness (QED) is 0.846. The smallest absolute Gasteiger partial charge is 0.331 e. The molecule has 1 aliphatic rings. The number of carbonyl (C=O) groups excluding carboxylic acids is 1. The first-order valence-corrected chi connectivity index (χ1v) is 7.99. The number of nitrogens with one attached hydrogen (secondary N) is 1. The van der Waals surface area contributed by atoms with Gasteiger partial charge in [-0.2, -0.15) is 0 Å². The fraction of sp³-hybridized carbons (Fsp3) is 0.611. The molecule has 0 heterocycles. The van der Waals surface area contributed by atoms with Crippen LogP contribution in [0.3, 0.4) is 0 Å². The van der Waals surface area contributed by atoms with Crippen molar-refractivity contribution in [2.24, 2.45) is 11.8 Å². The van der Waals surface area contributed by atoms with E-state index in [2.05, 4.69) is 38.2 Å². The molecule has 21 heavy (non-hydrogen) atoms. The van der Waals surface area contributed by atoms with Gasteiger partial charge in [-0.15, -0.1) is 0 Å². The van der Waals surface area contributed by atoms with Gasteiger partial charge in [0.1, 0.15) is 5.54 Å². The SMILES string of the molecule is CCOC(=O)C1(Nc2cccc(C)c2)CCC(C)C(C)C1. The highest BCUT2D eigenvalue weighted by Gasteiger charge is 2.45. The highest BCUT2D eigenvalue weighted by Crippen LogP contribution is 2.39. The zero-order valence-corrected chi connectivity index (χ0v) is 13.6. The van der Waals surface area contributed by atoms with Crippen LogP contribution in [-0.4, -0.2) is 18.1 Å². The minimum Gasteiger partial charge on any atom is -0.464 e. The van der Waals surface area contributed by atoms with E-state index in [9.17, 15) is 4.79 Å². The molecule has 3 heteroatoms. The summed E-state index contributed by atoms with van der Waals surface area (Å²) in [6.45, 7) is 8.86. The Morgan fingerprint density at radius 2 is 2.14 bits per heavy atom. The standard InChI is InChI=1S/C18H27NO2/c1-5-21-17(20)18(10-9-14(3)15(4)12-18)19-16-8-6-7-13(2)11-16/h6-8,11,14-15,19H,5,9-10,12H2,1-4H3. The molecule has 3 unspecified atom stereocenters. The van der Waals surface area contributed by atoms with Crippen LogP contribution in [0.25, 0.3) is 0 Å². The van der Waals surface area contributed by atoms with Crippen molar-refractivity contribution in [3.63, 3.8) is 0 Å². The predicted molar refractivity (Wildman–Crippen MR) is 86.3 cm³/mol. The second kappa shape index (κ2) is 6.50. The molecule has 0 bridgehead atoms. The normalized spacial score (nSPS) is 29.0. The average molecular weight is 289 g/mol. The minimum absolute atomic E-state index is 0.106. The van der Waals surface area contributed by atoms with Gasteiger partial charge >= 0.3 is 5.97 Å². The van der Waals surface area contributed by atoms with Gasteiger partial charge < -0.3 is 10.1 Å². The predicted octanol–water partition coefficient (Wildman–Crippen LogP) is 4.16. The molecule has 116 valence electrons. The summed E-state index contributed by atoms with van der Waals surface area (Å²) in [6, 6.07) is 8.19. The summed E-state index contributed by atoms with van der Waals surface area (Å²) in [5.74, 6) is 1.07. The summed E-state index contributed by atoms with van der Waals surface area (Å²) < 4.78 is 5.37. The Hall–Kier alpha value is -1.51. The van der Waals surface area contributed by atoms with E-state index in [-0.39, 0.29) is 5.97 Å². The number of carbonyl (C=O) groups is 1. The number of hydrogen-bond donors (Lipinski definition) is 1. The molecular weight excluding hydrogens is 262 g/mol. The molecule has 1 N–H and O–H groups in total. The number of aryl methyl sites for hydroxylation is 1. The summed E-state index contributed by atoms with van der Waals surface area (Å²) in [4.78, 5) is 12.6. The summed E-state index contributed by atoms with van der Waals surface area (Å²) >= 11 is 0. The second-order valence-corrected chi connectivity index (χ2v) is 6.49. The lowest BCUT2D eigenvalue weighted by Crippen LogP contribution is -2.52.